The molecule has 0 unspecified atom stereocenters. The van der Waals surface area contributed by atoms with E-state index in [2.05, 4.69) is 18.4 Å². The summed E-state index contributed by atoms with van der Waals surface area (Å²) in [6, 6.07) is 7.70. The van der Waals surface area contributed by atoms with Crippen LogP contribution in [0.5, 0.6) is 5.75 Å². The Morgan fingerprint density at radius 3 is 2.69 bits per heavy atom. The van der Waals surface area contributed by atoms with Crippen LogP contribution in [0.15, 0.2) is 36.9 Å². The summed E-state index contributed by atoms with van der Waals surface area (Å²) in [7, 11) is 0. The van der Waals surface area contributed by atoms with Gasteiger partial charge in [-0.3, -0.25) is 0 Å². The lowest BCUT2D eigenvalue weighted by Gasteiger charge is -2.01. The molecule has 0 radical (unpaired) electrons. The first-order valence-corrected chi connectivity index (χ1v) is 5.27. The maximum Gasteiger partial charge on any atom is 0.119 e. The van der Waals surface area contributed by atoms with Crippen molar-refractivity contribution in [3.63, 3.8) is 0 Å². The van der Waals surface area contributed by atoms with Gasteiger partial charge in [-0.1, -0.05) is 17.9 Å². The standard InChI is InChI=1S/C14H16O2/c1-3-11-15-12-5-6-13-7-9-14(10-8-13)16-4-2/h3,7-10H,1,4,11-12H2,2H3. The van der Waals surface area contributed by atoms with E-state index in [0.29, 0.717) is 19.8 Å². The third-order valence-corrected chi connectivity index (χ3v) is 1.81. The average Bonchev–Trinajstić information content (AvgIpc) is 2.31. The van der Waals surface area contributed by atoms with Crippen LogP contribution in [0.25, 0.3) is 0 Å². The van der Waals surface area contributed by atoms with Crippen molar-refractivity contribution in [2.24, 2.45) is 0 Å². The second-order valence-electron chi connectivity index (χ2n) is 3.06. The van der Waals surface area contributed by atoms with E-state index in [-0.39, 0.29) is 0 Å². The van der Waals surface area contributed by atoms with Gasteiger partial charge in [0.05, 0.1) is 13.2 Å². The van der Waals surface area contributed by atoms with E-state index in [1.807, 2.05) is 31.2 Å². The van der Waals surface area contributed by atoms with Gasteiger partial charge in [-0.2, -0.15) is 0 Å². The summed E-state index contributed by atoms with van der Waals surface area (Å²) in [6.45, 7) is 7.17. The molecule has 0 N–H and O–H groups in total. The second-order valence-corrected chi connectivity index (χ2v) is 3.06. The van der Waals surface area contributed by atoms with Gasteiger partial charge < -0.3 is 9.47 Å². The SMILES string of the molecule is C=CCOCC#Cc1ccc(OCC)cc1. The molecule has 0 amide bonds. The van der Waals surface area contributed by atoms with Gasteiger partial charge >= 0.3 is 0 Å². The van der Waals surface area contributed by atoms with Crippen LogP contribution in [0.2, 0.25) is 0 Å². The Balaban J connectivity index is 2.44. The first kappa shape index (κ1) is 12.4. The van der Waals surface area contributed by atoms with E-state index in [4.69, 9.17) is 9.47 Å². The van der Waals surface area contributed by atoms with Crippen molar-refractivity contribution in [3.05, 3.63) is 42.5 Å². The summed E-state index contributed by atoms with van der Waals surface area (Å²) in [5.74, 6) is 6.81. The number of rotatable bonds is 5. The van der Waals surface area contributed by atoms with E-state index in [0.717, 1.165) is 11.3 Å². The van der Waals surface area contributed by atoms with Crippen LogP contribution in [0, 0.1) is 11.8 Å². The largest absolute Gasteiger partial charge is 0.494 e. The molecule has 1 aromatic carbocycles. The number of hydrogen-bond donors (Lipinski definition) is 0. The lowest BCUT2D eigenvalue weighted by Crippen LogP contribution is -1.91. The Labute approximate surface area is 96.9 Å². The smallest absolute Gasteiger partial charge is 0.119 e. The molecule has 0 saturated carbocycles. The minimum atomic E-state index is 0.430. The van der Waals surface area contributed by atoms with E-state index in [9.17, 15) is 0 Å². The van der Waals surface area contributed by atoms with E-state index in [1.165, 1.54) is 0 Å². The zero-order chi connectivity index (χ0) is 11.6. The minimum Gasteiger partial charge on any atom is -0.494 e. The van der Waals surface area contributed by atoms with Crippen LogP contribution in [-0.2, 0) is 4.74 Å². The van der Waals surface area contributed by atoms with Crippen LogP contribution in [0.1, 0.15) is 12.5 Å². The van der Waals surface area contributed by atoms with E-state index < -0.39 is 0 Å². The Morgan fingerprint density at radius 2 is 2.06 bits per heavy atom. The minimum absolute atomic E-state index is 0.430. The fraction of sp³-hybridized carbons (Fsp3) is 0.286. The topological polar surface area (TPSA) is 18.5 Å². The molecule has 0 heterocycles. The van der Waals surface area contributed by atoms with Crippen molar-refractivity contribution in [1.29, 1.82) is 0 Å². The van der Waals surface area contributed by atoms with Crippen molar-refractivity contribution in [3.8, 4) is 17.6 Å². The van der Waals surface area contributed by atoms with Crippen LogP contribution < -0.4 is 4.74 Å². The van der Waals surface area contributed by atoms with Crippen molar-refractivity contribution < 1.29 is 9.47 Å². The van der Waals surface area contributed by atoms with Gasteiger partial charge in [-0.25, -0.2) is 0 Å². The Kier molecular flexibility index (Phi) is 5.83. The summed E-state index contributed by atoms with van der Waals surface area (Å²) in [5.41, 5.74) is 0.964. The lowest BCUT2D eigenvalue weighted by atomic mass is 10.2. The summed E-state index contributed by atoms with van der Waals surface area (Å²) in [4.78, 5) is 0. The first-order chi connectivity index (χ1) is 7.86. The Morgan fingerprint density at radius 1 is 1.31 bits per heavy atom. The molecule has 1 rings (SSSR count). The summed E-state index contributed by atoms with van der Waals surface area (Å²) < 4.78 is 10.5. The molecule has 0 bridgehead atoms. The Hall–Kier alpha value is -1.72. The maximum absolute atomic E-state index is 5.33. The fourth-order valence-electron chi connectivity index (χ4n) is 1.13. The third-order valence-electron chi connectivity index (χ3n) is 1.81. The third kappa shape index (κ3) is 4.68. The molecular formula is C14H16O2. The van der Waals surface area contributed by atoms with Gasteiger partial charge in [0, 0.05) is 5.56 Å². The van der Waals surface area contributed by atoms with Crippen molar-refractivity contribution in [1.82, 2.24) is 0 Å². The number of hydrogen-bond acceptors (Lipinski definition) is 2. The predicted molar refractivity (Wildman–Crippen MR) is 65.5 cm³/mol. The highest BCUT2D eigenvalue weighted by Crippen LogP contribution is 2.10. The van der Waals surface area contributed by atoms with Crippen LogP contribution in [0.3, 0.4) is 0 Å². The Bertz CT molecular complexity index is 368. The van der Waals surface area contributed by atoms with Crippen LogP contribution >= 0.6 is 0 Å². The van der Waals surface area contributed by atoms with Crippen LogP contribution in [0.4, 0.5) is 0 Å². The van der Waals surface area contributed by atoms with Crippen molar-refractivity contribution >= 4 is 0 Å². The fourth-order valence-corrected chi connectivity index (χ4v) is 1.13. The molecule has 16 heavy (non-hydrogen) atoms. The maximum atomic E-state index is 5.33. The van der Waals surface area contributed by atoms with Gasteiger partial charge in [0.1, 0.15) is 12.4 Å². The summed E-state index contributed by atoms with van der Waals surface area (Å²) in [5, 5.41) is 0. The highest BCUT2D eigenvalue weighted by Gasteiger charge is 1.90. The highest BCUT2D eigenvalue weighted by molar-refractivity contribution is 5.38. The lowest BCUT2D eigenvalue weighted by molar-refractivity contribution is 0.199. The summed E-state index contributed by atoms with van der Waals surface area (Å²) >= 11 is 0. The van der Waals surface area contributed by atoms with Gasteiger partial charge in [0.2, 0.25) is 0 Å². The van der Waals surface area contributed by atoms with Crippen molar-refractivity contribution in [2.75, 3.05) is 19.8 Å². The zero-order valence-corrected chi connectivity index (χ0v) is 9.53. The average molecular weight is 216 g/mol. The quantitative estimate of drug-likeness (QED) is 0.428. The molecule has 1 aromatic rings. The molecule has 0 aliphatic carbocycles. The van der Waals surface area contributed by atoms with Crippen molar-refractivity contribution in [2.45, 2.75) is 6.92 Å². The molecule has 2 nitrogen and oxygen atoms in total. The molecule has 0 spiro atoms. The zero-order valence-electron chi connectivity index (χ0n) is 9.53. The molecule has 0 aliphatic heterocycles. The second kappa shape index (κ2) is 7.56. The molecule has 2 heteroatoms. The molecule has 0 aromatic heterocycles. The molecule has 0 aliphatic rings. The predicted octanol–water partition coefficient (Wildman–Crippen LogP) is 2.64. The normalized spacial score (nSPS) is 9.06. The monoisotopic (exact) mass is 216 g/mol. The highest BCUT2D eigenvalue weighted by atomic mass is 16.5. The first-order valence-electron chi connectivity index (χ1n) is 5.27. The van der Waals surface area contributed by atoms with Gasteiger partial charge in [0.25, 0.3) is 0 Å². The summed E-state index contributed by atoms with van der Waals surface area (Å²) in [6.07, 6.45) is 1.71. The van der Waals surface area contributed by atoms with Crippen LogP contribution in [-0.4, -0.2) is 19.8 Å². The van der Waals surface area contributed by atoms with Gasteiger partial charge in [-0.05, 0) is 31.2 Å². The molecular weight excluding hydrogens is 200 g/mol. The van der Waals surface area contributed by atoms with Gasteiger partial charge in [-0.15, -0.1) is 6.58 Å². The molecule has 0 atom stereocenters. The number of ether oxygens (including phenoxy) is 2. The molecule has 0 fully saturated rings. The molecule has 84 valence electrons. The van der Waals surface area contributed by atoms with E-state index in [1.54, 1.807) is 6.08 Å². The van der Waals surface area contributed by atoms with Gasteiger partial charge in [0.15, 0.2) is 0 Å². The number of benzene rings is 1. The molecule has 0 saturated heterocycles. The van der Waals surface area contributed by atoms with E-state index >= 15 is 0 Å².